The van der Waals surface area contributed by atoms with Crippen LogP contribution in [0.1, 0.15) is 56.6 Å². The number of nitrogens with one attached hydrogen (secondary N) is 1. The molecular formula is C31H38N2O11. The molecule has 1 aromatic carbocycles. The molecule has 13 heteroatoms. The zero-order chi connectivity index (χ0) is 32.2. The number of ether oxygens (including phenoxy) is 6. The van der Waals surface area contributed by atoms with Gasteiger partial charge in [-0.05, 0) is 25.3 Å². The molecule has 2 aromatic rings. The smallest absolute Gasteiger partial charge is 0.332 e. The normalized spacial score (nSPS) is 20.2. The van der Waals surface area contributed by atoms with Crippen LogP contribution >= 0.6 is 0 Å². The van der Waals surface area contributed by atoms with Gasteiger partial charge < -0.3 is 33.7 Å². The van der Waals surface area contributed by atoms with E-state index in [2.05, 4.69) is 10.3 Å². The van der Waals surface area contributed by atoms with Crippen LogP contribution in [-0.4, -0.2) is 73.5 Å². The fraction of sp³-hybridized carbons (Fsp3) is 0.484. The van der Waals surface area contributed by atoms with Crippen LogP contribution in [0.2, 0.25) is 0 Å². The minimum atomic E-state index is -1.45. The lowest BCUT2D eigenvalue weighted by molar-refractivity contribution is -0.176. The van der Waals surface area contributed by atoms with Crippen molar-refractivity contribution in [3.8, 4) is 11.5 Å². The Bertz CT molecular complexity index is 1310. The van der Waals surface area contributed by atoms with Gasteiger partial charge in [0, 0.05) is 18.7 Å². The number of pyridine rings is 1. The van der Waals surface area contributed by atoms with Crippen LogP contribution in [0.5, 0.6) is 11.5 Å². The molecule has 1 aliphatic heterocycles. The van der Waals surface area contributed by atoms with Crippen molar-refractivity contribution in [2.24, 2.45) is 11.8 Å². The predicted molar refractivity (Wildman–Crippen MR) is 153 cm³/mol. The van der Waals surface area contributed by atoms with Crippen LogP contribution in [0.4, 0.5) is 0 Å². The molecule has 0 saturated carbocycles. The zero-order valence-electron chi connectivity index (χ0n) is 25.4. The van der Waals surface area contributed by atoms with Gasteiger partial charge in [0.15, 0.2) is 29.3 Å². The van der Waals surface area contributed by atoms with Crippen molar-refractivity contribution >= 4 is 29.8 Å². The first-order valence-electron chi connectivity index (χ1n) is 14.3. The Labute approximate surface area is 255 Å². The van der Waals surface area contributed by atoms with E-state index in [1.807, 2.05) is 25.1 Å². The fourth-order valence-corrected chi connectivity index (χ4v) is 4.30. The Kier molecular flexibility index (Phi) is 12.5. The van der Waals surface area contributed by atoms with Gasteiger partial charge in [-0.25, -0.2) is 9.78 Å². The van der Waals surface area contributed by atoms with Crippen LogP contribution in [-0.2, 0) is 44.5 Å². The summed E-state index contributed by atoms with van der Waals surface area (Å²) in [6, 6.07) is 9.04. The third-order valence-corrected chi connectivity index (χ3v) is 6.65. The SMILES string of the molecule is CCCC(=O)OCOc1c(OC)ccnc1C(=O)N[C@H]1COC(=O)C(Cc2ccccc2)[C@@H](OC(=O)C(C)C)[C@H](C)OC1=O. The van der Waals surface area contributed by atoms with E-state index in [-0.39, 0.29) is 30.0 Å². The quantitative estimate of drug-likeness (QED) is 0.211. The topological polar surface area (TPSA) is 166 Å². The molecule has 0 bridgehead atoms. The third kappa shape index (κ3) is 9.16. The summed E-state index contributed by atoms with van der Waals surface area (Å²) in [6.45, 7) is 5.52. The summed E-state index contributed by atoms with van der Waals surface area (Å²) in [6.07, 6.45) is -0.0359. The average Bonchev–Trinajstić information content (AvgIpc) is 3.03. The molecule has 1 aliphatic rings. The minimum Gasteiger partial charge on any atom is -0.493 e. The van der Waals surface area contributed by atoms with E-state index >= 15 is 0 Å². The Morgan fingerprint density at radius 1 is 1.09 bits per heavy atom. The highest BCUT2D eigenvalue weighted by molar-refractivity contribution is 5.98. The van der Waals surface area contributed by atoms with E-state index in [0.29, 0.717) is 6.42 Å². The van der Waals surface area contributed by atoms with Crippen molar-refractivity contribution in [2.75, 3.05) is 20.5 Å². The summed E-state index contributed by atoms with van der Waals surface area (Å²) in [7, 11) is 1.35. The monoisotopic (exact) mass is 614 g/mol. The standard InChI is InChI=1S/C31H38N2O11/c1-6-10-24(34)41-17-42-27-23(39-5)13-14-32-25(27)28(35)33-22-16-40-30(37)21(15-20-11-8-7-9-12-20)26(19(4)43-31(22)38)44-29(36)18(2)3/h7-9,11-14,18-19,21-22,26H,6,10,15-17H2,1-5H3,(H,33,35)/t19-,21?,22-,26-/m0/s1. The van der Waals surface area contributed by atoms with Gasteiger partial charge in [-0.2, -0.15) is 0 Å². The molecule has 2 heterocycles. The summed E-state index contributed by atoms with van der Waals surface area (Å²) in [4.78, 5) is 68.4. The van der Waals surface area contributed by atoms with Gasteiger partial charge in [-0.3, -0.25) is 19.2 Å². The largest absolute Gasteiger partial charge is 0.493 e. The van der Waals surface area contributed by atoms with Gasteiger partial charge in [-0.1, -0.05) is 51.1 Å². The Morgan fingerprint density at radius 3 is 2.48 bits per heavy atom. The number of cyclic esters (lactones) is 2. The maximum atomic E-state index is 13.4. The molecule has 3 rings (SSSR count). The van der Waals surface area contributed by atoms with E-state index in [0.717, 1.165) is 5.56 Å². The van der Waals surface area contributed by atoms with Gasteiger partial charge in [0.2, 0.25) is 6.79 Å². The van der Waals surface area contributed by atoms with Crippen molar-refractivity contribution < 1.29 is 52.4 Å². The van der Waals surface area contributed by atoms with Crippen molar-refractivity contribution in [1.29, 1.82) is 0 Å². The number of methoxy groups -OCH3 is 1. The first kappa shape index (κ1) is 33.8. The molecule has 0 aliphatic carbocycles. The lowest BCUT2D eigenvalue weighted by atomic mass is 9.91. The summed E-state index contributed by atoms with van der Waals surface area (Å²) in [5.41, 5.74) is 0.494. The molecule has 1 saturated heterocycles. The Hall–Kier alpha value is -4.68. The van der Waals surface area contributed by atoms with Crippen molar-refractivity contribution in [2.45, 2.75) is 65.2 Å². The molecule has 44 heavy (non-hydrogen) atoms. The summed E-state index contributed by atoms with van der Waals surface area (Å²) in [5, 5.41) is 2.47. The number of rotatable bonds is 12. The number of hydrogen-bond donors (Lipinski definition) is 1. The zero-order valence-corrected chi connectivity index (χ0v) is 25.4. The highest BCUT2D eigenvalue weighted by Gasteiger charge is 2.42. The van der Waals surface area contributed by atoms with Crippen LogP contribution in [0, 0.1) is 11.8 Å². The van der Waals surface area contributed by atoms with Crippen LogP contribution in [0.25, 0.3) is 0 Å². The van der Waals surface area contributed by atoms with Crippen molar-refractivity contribution in [3.63, 3.8) is 0 Å². The third-order valence-electron chi connectivity index (χ3n) is 6.65. The van der Waals surface area contributed by atoms with E-state index in [1.165, 1.54) is 26.3 Å². The molecule has 238 valence electrons. The summed E-state index contributed by atoms with van der Waals surface area (Å²) in [5.74, 6) is -5.15. The molecule has 13 nitrogen and oxygen atoms in total. The van der Waals surface area contributed by atoms with Gasteiger partial charge in [0.25, 0.3) is 5.91 Å². The number of nitrogens with zero attached hydrogens (tertiary/aromatic N) is 1. The molecule has 4 atom stereocenters. The fourth-order valence-electron chi connectivity index (χ4n) is 4.30. The van der Waals surface area contributed by atoms with Crippen LogP contribution in [0.15, 0.2) is 42.6 Å². The Balaban J connectivity index is 1.84. The average molecular weight is 615 g/mol. The highest BCUT2D eigenvalue weighted by Crippen LogP contribution is 2.30. The number of hydrogen-bond acceptors (Lipinski definition) is 12. The molecule has 1 amide bonds. The second-order valence-electron chi connectivity index (χ2n) is 10.4. The minimum absolute atomic E-state index is 0.118. The van der Waals surface area contributed by atoms with Crippen molar-refractivity contribution in [1.82, 2.24) is 10.3 Å². The lowest BCUT2D eigenvalue weighted by Gasteiger charge is -2.29. The molecule has 1 N–H and O–H groups in total. The maximum absolute atomic E-state index is 13.4. The van der Waals surface area contributed by atoms with E-state index in [4.69, 9.17) is 28.4 Å². The molecule has 1 fully saturated rings. The number of carbonyl (C=O) groups is 5. The highest BCUT2D eigenvalue weighted by atomic mass is 16.7. The number of benzene rings is 1. The number of aromatic nitrogens is 1. The summed E-state index contributed by atoms with van der Waals surface area (Å²) < 4.78 is 32.6. The molecule has 0 radical (unpaired) electrons. The number of carbonyl (C=O) groups excluding carboxylic acids is 5. The first-order valence-corrected chi connectivity index (χ1v) is 14.3. The van der Waals surface area contributed by atoms with E-state index in [1.54, 1.807) is 26.0 Å². The molecule has 1 aromatic heterocycles. The van der Waals surface area contributed by atoms with E-state index < -0.39 is 73.3 Å². The second-order valence-corrected chi connectivity index (χ2v) is 10.4. The van der Waals surface area contributed by atoms with Crippen LogP contribution < -0.4 is 14.8 Å². The van der Waals surface area contributed by atoms with Gasteiger partial charge >= 0.3 is 23.9 Å². The molecule has 0 spiro atoms. The second kappa shape index (κ2) is 16.2. The lowest BCUT2D eigenvalue weighted by Crippen LogP contribution is -2.47. The predicted octanol–water partition coefficient (Wildman–Crippen LogP) is 2.78. The molecular weight excluding hydrogens is 576 g/mol. The van der Waals surface area contributed by atoms with Gasteiger partial charge in [0.05, 0.1) is 13.0 Å². The van der Waals surface area contributed by atoms with Crippen LogP contribution in [0.3, 0.4) is 0 Å². The van der Waals surface area contributed by atoms with E-state index in [9.17, 15) is 24.0 Å². The Morgan fingerprint density at radius 2 is 1.82 bits per heavy atom. The van der Waals surface area contributed by atoms with Gasteiger partial charge in [-0.15, -0.1) is 0 Å². The maximum Gasteiger partial charge on any atom is 0.332 e. The molecule has 1 unspecified atom stereocenters. The summed E-state index contributed by atoms with van der Waals surface area (Å²) >= 11 is 0. The number of esters is 4. The number of amides is 1. The van der Waals surface area contributed by atoms with Gasteiger partial charge in [0.1, 0.15) is 18.6 Å². The first-order chi connectivity index (χ1) is 21.0. The van der Waals surface area contributed by atoms with Crippen molar-refractivity contribution in [3.05, 3.63) is 53.9 Å².